The zero-order chi connectivity index (χ0) is 13.9. The molecule has 1 aliphatic rings. The molecule has 18 heavy (non-hydrogen) atoms. The highest BCUT2D eigenvalue weighted by molar-refractivity contribution is 5.89. The third-order valence-corrected chi connectivity index (χ3v) is 3.17. The van der Waals surface area contributed by atoms with E-state index in [2.05, 4.69) is 5.32 Å². The van der Waals surface area contributed by atoms with Crippen molar-refractivity contribution in [3.63, 3.8) is 0 Å². The van der Waals surface area contributed by atoms with E-state index in [1.165, 1.54) is 4.90 Å². The summed E-state index contributed by atoms with van der Waals surface area (Å²) in [5.74, 6) is -1.67. The van der Waals surface area contributed by atoms with Gasteiger partial charge in [-0.15, -0.1) is 0 Å². The van der Waals surface area contributed by atoms with Crippen LogP contribution in [0.25, 0.3) is 0 Å². The van der Waals surface area contributed by atoms with Crippen LogP contribution in [0.5, 0.6) is 0 Å². The molecule has 0 aromatic heterocycles. The molecule has 3 amide bonds. The Labute approximate surface area is 105 Å². The van der Waals surface area contributed by atoms with E-state index >= 15 is 0 Å². The molecular weight excluding hydrogens is 238 g/mol. The summed E-state index contributed by atoms with van der Waals surface area (Å²) in [5, 5.41) is 11.6. The van der Waals surface area contributed by atoms with Crippen LogP contribution in [0, 0.1) is 0 Å². The zero-order valence-electron chi connectivity index (χ0n) is 10.6. The summed E-state index contributed by atoms with van der Waals surface area (Å²) < 4.78 is 0. The standard InChI is InChI=1S/C11H19N3O4/c1-7(2)14(6-8(12)15)10(18)13-11(9(16)17)4-3-5-11/h7H,3-6H2,1-2H3,(H2,12,15)(H,13,18)(H,16,17). The summed E-state index contributed by atoms with van der Waals surface area (Å²) in [6, 6.07) is -0.797. The number of nitrogens with zero attached hydrogens (tertiary/aromatic N) is 1. The summed E-state index contributed by atoms with van der Waals surface area (Å²) in [5.41, 5.74) is 3.88. The quantitative estimate of drug-likeness (QED) is 0.638. The molecule has 0 heterocycles. The van der Waals surface area contributed by atoms with Gasteiger partial charge < -0.3 is 21.1 Å². The Hall–Kier alpha value is -1.79. The maximum atomic E-state index is 12.0. The van der Waals surface area contributed by atoms with Crippen molar-refractivity contribution in [3.8, 4) is 0 Å². The van der Waals surface area contributed by atoms with Gasteiger partial charge in [0, 0.05) is 6.04 Å². The van der Waals surface area contributed by atoms with Crippen molar-refractivity contribution in [2.75, 3.05) is 6.54 Å². The molecule has 7 nitrogen and oxygen atoms in total. The summed E-state index contributed by atoms with van der Waals surface area (Å²) in [7, 11) is 0. The molecular formula is C11H19N3O4. The van der Waals surface area contributed by atoms with E-state index in [0.717, 1.165) is 6.42 Å². The van der Waals surface area contributed by atoms with Crippen molar-refractivity contribution in [3.05, 3.63) is 0 Å². The Morgan fingerprint density at radius 1 is 1.39 bits per heavy atom. The van der Waals surface area contributed by atoms with Gasteiger partial charge in [-0.3, -0.25) is 4.79 Å². The van der Waals surface area contributed by atoms with Crippen LogP contribution in [0.1, 0.15) is 33.1 Å². The third-order valence-electron chi connectivity index (χ3n) is 3.17. The number of rotatable bonds is 5. The van der Waals surface area contributed by atoms with Crippen molar-refractivity contribution >= 4 is 17.9 Å². The highest BCUT2D eigenvalue weighted by Gasteiger charge is 2.46. The maximum absolute atomic E-state index is 12.0. The lowest BCUT2D eigenvalue weighted by atomic mass is 9.77. The van der Waals surface area contributed by atoms with Crippen molar-refractivity contribution in [2.45, 2.75) is 44.7 Å². The average molecular weight is 257 g/mol. The van der Waals surface area contributed by atoms with Gasteiger partial charge in [-0.25, -0.2) is 9.59 Å². The topological polar surface area (TPSA) is 113 Å². The first-order valence-electron chi connectivity index (χ1n) is 5.89. The number of carbonyl (C=O) groups is 3. The Morgan fingerprint density at radius 2 is 1.94 bits per heavy atom. The van der Waals surface area contributed by atoms with E-state index in [9.17, 15) is 14.4 Å². The van der Waals surface area contributed by atoms with Gasteiger partial charge >= 0.3 is 12.0 Å². The molecule has 0 saturated heterocycles. The van der Waals surface area contributed by atoms with Crippen LogP contribution in [-0.2, 0) is 9.59 Å². The Balaban J connectivity index is 2.72. The number of nitrogens with two attached hydrogens (primary N) is 1. The second kappa shape index (κ2) is 5.24. The van der Waals surface area contributed by atoms with Crippen LogP contribution in [0.4, 0.5) is 4.79 Å². The fraction of sp³-hybridized carbons (Fsp3) is 0.727. The van der Waals surface area contributed by atoms with Gasteiger partial charge in [0.1, 0.15) is 12.1 Å². The molecule has 0 bridgehead atoms. The van der Waals surface area contributed by atoms with E-state index in [1.807, 2.05) is 0 Å². The van der Waals surface area contributed by atoms with Crippen LogP contribution in [-0.4, -0.2) is 46.0 Å². The lowest BCUT2D eigenvalue weighted by Crippen LogP contribution is -2.62. The molecule has 0 aliphatic heterocycles. The number of carboxylic acid groups (broad SMARTS) is 1. The molecule has 102 valence electrons. The number of nitrogens with one attached hydrogen (secondary N) is 1. The Bertz CT molecular complexity index is 363. The maximum Gasteiger partial charge on any atom is 0.329 e. The lowest BCUT2D eigenvalue weighted by Gasteiger charge is -2.40. The van der Waals surface area contributed by atoms with Crippen molar-refractivity contribution in [1.29, 1.82) is 0 Å². The normalized spacial score (nSPS) is 16.8. The second-order valence-electron chi connectivity index (χ2n) is 4.86. The molecule has 0 atom stereocenters. The third kappa shape index (κ3) is 2.91. The number of amides is 3. The lowest BCUT2D eigenvalue weighted by molar-refractivity contribution is -0.148. The first kappa shape index (κ1) is 14.3. The number of hydrogen-bond acceptors (Lipinski definition) is 3. The molecule has 4 N–H and O–H groups in total. The zero-order valence-corrected chi connectivity index (χ0v) is 10.6. The molecule has 0 radical (unpaired) electrons. The predicted molar refractivity (Wildman–Crippen MR) is 63.8 cm³/mol. The number of hydrogen-bond donors (Lipinski definition) is 3. The number of urea groups is 1. The molecule has 1 fully saturated rings. The van der Waals surface area contributed by atoms with Gasteiger partial charge in [0.2, 0.25) is 5.91 Å². The molecule has 1 saturated carbocycles. The van der Waals surface area contributed by atoms with Gasteiger partial charge in [0.05, 0.1) is 0 Å². The monoisotopic (exact) mass is 257 g/mol. The van der Waals surface area contributed by atoms with Gasteiger partial charge in [-0.05, 0) is 33.1 Å². The van der Waals surface area contributed by atoms with E-state index in [-0.39, 0.29) is 12.6 Å². The minimum atomic E-state index is -1.18. The molecule has 0 aromatic carbocycles. The van der Waals surface area contributed by atoms with Crippen molar-refractivity contribution < 1.29 is 19.5 Å². The van der Waals surface area contributed by atoms with Gasteiger partial charge in [0.15, 0.2) is 0 Å². The second-order valence-corrected chi connectivity index (χ2v) is 4.86. The number of primary amides is 1. The molecule has 0 aromatic rings. The van der Waals surface area contributed by atoms with E-state index in [1.54, 1.807) is 13.8 Å². The van der Waals surface area contributed by atoms with Crippen molar-refractivity contribution in [1.82, 2.24) is 10.2 Å². The molecule has 0 spiro atoms. The highest BCUT2D eigenvalue weighted by atomic mass is 16.4. The fourth-order valence-electron chi connectivity index (χ4n) is 1.86. The number of aliphatic carboxylic acids is 1. The van der Waals surface area contributed by atoms with Crippen LogP contribution < -0.4 is 11.1 Å². The Kier molecular flexibility index (Phi) is 4.15. The molecule has 1 aliphatic carbocycles. The summed E-state index contributed by atoms with van der Waals surface area (Å²) >= 11 is 0. The fourth-order valence-corrected chi connectivity index (χ4v) is 1.86. The van der Waals surface area contributed by atoms with Crippen molar-refractivity contribution in [2.24, 2.45) is 5.73 Å². The van der Waals surface area contributed by atoms with E-state index in [0.29, 0.717) is 12.8 Å². The number of carbonyl (C=O) groups excluding carboxylic acids is 2. The van der Waals surface area contributed by atoms with Crippen LogP contribution in [0.15, 0.2) is 0 Å². The average Bonchev–Trinajstić information content (AvgIpc) is 2.18. The minimum Gasteiger partial charge on any atom is -0.480 e. The van der Waals surface area contributed by atoms with E-state index < -0.39 is 23.4 Å². The molecule has 1 rings (SSSR count). The summed E-state index contributed by atoms with van der Waals surface area (Å²) in [6.07, 6.45) is 1.59. The van der Waals surface area contributed by atoms with Gasteiger partial charge in [-0.1, -0.05) is 0 Å². The van der Waals surface area contributed by atoms with Gasteiger partial charge in [-0.2, -0.15) is 0 Å². The predicted octanol–water partition coefficient (Wildman–Crippen LogP) is -0.101. The van der Waals surface area contributed by atoms with Gasteiger partial charge in [0.25, 0.3) is 0 Å². The number of carboxylic acids is 1. The van der Waals surface area contributed by atoms with E-state index in [4.69, 9.17) is 10.8 Å². The summed E-state index contributed by atoms with van der Waals surface area (Å²) in [6.45, 7) is 3.24. The highest BCUT2D eigenvalue weighted by Crippen LogP contribution is 2.32. The SMILES string of the molecule is CC(C)N(CC(N)=O)C(=O)NC1(C(=O)O)CCC1. The Morgan fingerprint density at radius 3 is 2.22 bits per heavy atom. The van der Waals surface area contributed by atoms with Crippen LogP contribution in [0.3, 0.4) is 0 Å². The van der Waals surface area contributed by atoms with Crippen LogP contribution in [0.2, 0.25) is 0 Å². The smallest absolute Gasteiger partial charge is 0.329 e. The molecule has 0 unspecified atom stereocenters. The largest absolute Gasteiger partial charge is 0.480 e. The first-order valence-corrected chi connectivity index (χ1v) is 5.89. The first-order chi connectivity index (χ1) is 8.28. The van der Waals surface area contributed by atoms with Crippen LogP contribution >= 0.6 is 0 Å². The minimum absolute atomic E-state index is 0.223. The summed E-state index contributed by atoms with van der Waals surface area (Å²) in [4.78, 5) is 35.2. The molecule has 7 heteroatoms.